The van der Waals surface area contributed by atoms with Crippen molar-refractivity contribution in [3.63, 3.8) is 0 Å². The molecule has 0 saturated heterocycles. The second-order valence-corrected chi connectivity index (χ2v) is 10.5. The Labute approximate surface area is 230 Å². The number of rotatable bonds is 7. The lowest BCUT2D eigenvalue weighted by Gasteiger charge is -2.30. The van der Waals surface area contributed by atoms with Crippen LogP contribution in [0.15, 0.2) is 54.0 Å². The Morgan fingerprint density at radius 3 is 2.45 bits per heavy atom. The van der Waals surface area contributed by atoms with E-state index in [1.54, 1.807) is 16.5 Å². The number of anilines is 3. The van der Waals surface area contributed by atoms with Crippen molar-refractivity contribution in [1.82, 2.24) is 15.6 Å². The van der Waals surface area contributed by atoms with Crippen LogP contribution in [-0.4, -0.2) is 54.2 Å². The number of carbonyl (C=O) groups excluding carboxylic acids is 3. The molecule has 0 saturated carbocycles. The fourth-order valence-corrected chi connectivity index (χ4v) is 4.77. The number of fused-ring (bicyclic) bond motifs is 1. The van der Waals surface area contributed by atoms with E-state index >= 15 is 0 Å². The van der Waals surface area contributed by atoms with E-state index in [1.807, 2.05) is 0 Å². The minimum Gasteiger partial charge on any atom is -0.406 e. The summed E-state index contributed by atoms with van der Waals surface area (Å²) in [5.41, 5.74) is -0.483. The van der Waals surface area contributed by atoms with Crippen molar-refractivity contribution in [3.8, 4) is 5.75 Å². The number of nitrogens with one attached hydrogen (secondary N) is 2. The monoisotopic (exact) mass is 579 g/mol. The molecule has 0 unspecified atom stereocenters. The van der Waals surface area contributed by atoms with Gasteiger partial charge in [-0.25, -0.2) is 9.37 Å². The van der Waals surface area contributed by atoms with Gasteiger partial charge in [0.25, 0.3) is 5.91 Å². The molecular weight excluding hydrogens is 554 g/mol. The number of alkyl halides is 3. The summed E-state index contributed by atoms with van der Waals surface area (Å²) < 4.78 is 56.0. The molecule has 0 spiro atoms. The van der Waals surface area contributed by atoms with Crippen molar-refractivity contribution >= 4 is 46.1 Å². The topological polar surface area (TPSA) is 104 Å². The molecule has 1 aromatic heterocycles. The van der Waals surface area contributed by atoms with Gasteiger partial charge in [-0.2, -0.15) is 0 Å². The molecule has 1 atom stereocenters. The number of hydrogen-bond donors (Lipinski definition) is 2. The van der Waals surface area contributed by atoms with Crippen LogP contribution in [0.1, 0.15) is 18.9 Å². The zero-order chi connectivity index (χ0) is 29.2. The zero-order valence-corrected chi connectivity index (χ0v) is 22.4. The molecule has 0 bridgehead atoms. The number of benzene rings is 2. The summed E-state index contributed by atoms with van der Waals surface area (Å²) in [5, 5.41) is 7.60. The summed E-state index contributed by atoms with van der Waals surface area (Å²) >= 11 is 1.30. The van der Waals surface area contributed by atoms with Crippen molar-refractivity contribution in [2.75, 3.05) is 23.4 Å². The lowest BCUT2D eigenvalue weighted by atomic mass is 10.0. The van der Waals surface area contributed by atoms with Gasteiger partial charge in [0, 0.05) is 24.3 Å². The highest BCUT2D eigenvalue weighted by atomic mass is 32.1. The maximum Gasteiger partial charge on any atom is 0.573 e. The first-order valence-corrected chi connectivity index (χ1v) is 12.8. The van der Waals surface area contributed by atoms with Crippen LogP contribution in [0.3, 0.4) is 0 Å². The van der Waals surface area contributed by atoms with Crippen molar-refractivity contribution in [2.45, 2.75) is 38.2 Å². The SMILES string of the molecule is CN1C(=O)[C@H](NC(=O)C(C)(C)NC(=O)Cc2nccs2)CN(c2ccc(OC(F)(F)F)cc2)c2ccc(F)cc21. The van der Waals surface area contributed by atoms with Gasteiger partial charge in [-0.3, -0.25) is 14.4 Å². The van der Waals surface area contributed by atoms with Gasteiger partial charge in [0.1, 0.15) is 28.2 Å². The molecule has 2 heterocycles. The molecule has 0 aliphatic carbocycles. The standard InChI is InChI=1S/C26H25F4N5O4S/c1-25(2,33-21(36)13-22-31-10-11-40-22)24(38)32-18-14-35(16-5-7-17(8-6-16)39-26(28,29)30)19-9-4-15(27)12-20(19)34(3)23(18)37/h4-12,18H,13-14H2,1-3H3,(H,32,38)(H,33,36)/t18-/m1/s1. The average molecular weight is 580 g/mol. The molecule has 40 heavy (non-hydrogen) atoms. The molecule has 212 valence electrons. The average Bonchev–Trinajstić information content (AvgIpc) is 3.34. The smallest absolute Gasteiger partial charge is 0.406 e. The van der Waals surface area contributed by atoms with Crippen molar-refractivity contribution in [3.05, 3.63) is 64.9 Å². The molecule has 1 aliphatic rings. The molecule has 1 aliphatic heterocycles. The van der Waals surface area contributed by atoms with Crippen LogP contribution in [0.5, 0.6) is 5.75 Å². The highest BCUT2D eigenvalue weighted by Gasteiger charge is 2.38. The molecule has 4 rings (SSSR count). The van der Waals surface area contributed by atoms with Crippen LogP contribution >= 0.6 is 11.3 Å². The van der Waals surface area contributed by atoms with Crippen LogP contribution in [0.25, 0.3) is 0 Å². The Bertz CT molecular complexity index is 1400. The van der Waals surface area contributed by atoms with Gasteiger partial charge in [0.2, 0.25) is 11.8 Å². The molecule has 9 nitrogen and oxygen atoms in total. The zero-order valence-electron chi connectivity index (χ0n) is 21.6. The first kappa shape index (κ1) is 28.8. The fourth-order valence-electron chi connectivity index (χ4n) is 4.15. The van der Waals surface area contributed by atoms with E-state index < -0.39 is 47.2 Å². The Kier molecular flexibility index (Phi) is 8.00. The summed E-state index contributed by atoms with van der Waals surface area (Å²) in [5.74, 6) is -2.72. The predicted molar refractivity (Wildman–Crippen MR) is 140 cm³/mol. The fraction of sp³-hybridized carbons (Fsp3) is 0.308. The van der Waals surface area contributed by atoms with Gasteiger partial charge in [-0.05, 0) is 56.3 Å². The summed E-state index contributed by atoms with van der Waals surface area (Å²) in [7, 11) is 1.42. The van der Waals surface area contributed by atoms with E-state index in [0.29, 0.717) is 16.4 Å². The number of hydrogen-bond acceptors (Lipinski definition) is 7. The Morgan fingerprint density at radius 2 is 1.82 bits per heavy atom. The van der Waals surface area contributed by atoms with Crippen molar-refractivity contribution in [1.29, 1.82) is 0 Å². The second-order valence-electron chi connectivity index (χ2n) is 9.48. The minimum atomic E-state index is -4.87. The number of thiazole rings is 1. The first-order chi connectivity index (χ1) is 18.7. The molecule has 0 radical (unpaired) electrons. The van der Waals surface area contributed by atoms with Gasteiger partial charge in [0.15, 0.2) is 0 Å². The van der Waals surface area contributed by atoms with Crippen LogP contribution in [0.2, 0.25) is 0 Å². The summed E-state index contributed by atoms with van der Waals surface area (Å²) in [4.78, 5) is 46.0. The maximum atomic E-state index is 14.2. The molecule has 0 fully saturated rings. The van der Waals surface area contributed by atoms with Crippen LogP contribution in [0.4, 0.5) is 34.6 Å². The lowest BCUT2D eigenvalue weighted by molar-refractivity contribution is -0.274. The maximum absolute atomic E-state index is 14.2. The van der Waals surface area contributed by atoms with Gasteiger partial charge in [0.05, 0.1) is 24.3 Å². The lowest BCUT2D eigenvalue weighted by Crippen LogP contribution is -2.60. The number of likely N-dealkylation sites (N-methyl/N-ethyl adjacent to an activating group) is 1. The van der Waals surface area contributed by atoms with Gasteiger partial charge < -0.3 is 25.2 Å². The summed E-state index contributed by atoms with van der Waals surface area (Å²) in [6.45, 7) is 2.82. The molecular formula is C26H25F4N5O4S. The highest BCUT2D eigenvalue weighted by Crippen LogP contribution is 2.38. The molecule has 3 amide bonds. The summed E-state index contributed by atoms with van der Waals surface area (Å²) in [6.07, 6.45) is -3.34. The third-order valence-corrected chi connectivity index (χ3v) is 6.87. The molecule has 14 heteroatoms. The summed E-state index contributed by atoms with van der Waals surface area (Å²) in [6, 6.07) is 7.52. The van der Waals surface area contributed by atoms with E-state index in [4.69, 9.17) is 0 Å². The minimum absolute atomic E-state index is 0.0256. The van der Waals surface area contributed by atoms with E-state index in [1.165, 1.54) is 61.4 Å². The number of aromatic nitrogens is 1. The Balaban J connectivity index is 1.59. The van der Waals surface area contributed by atoms with Crippen LogP contribution < -0.4 is 25.2 Å². The Morgan fingerprint density at radius 1 is 1.12 bits per heavy atom. The molecule has 2 aromatic carbocycles. The largest absolute Gasteiger partial charge is 0.573 e. The van der Waals surface area contributed by atoms with E-state index in [2.05, 4.69) is 20.4 Å². The molecule has 3 aromatic rings. The number of amides is 3. The highest BCUT2D eigenvalue weighted by molar-refractivity contribution is 7.09. The Hall–Kier alpha value is -4.20. The predicted octanol–water partition coefficient (Wildman–Crippen LogP) is 3.92. The number of carbonyl (C=O) groups is 3. The number of halogens is 4. The first-order valence-electron chi connectivity index (χ1n) is 11.9. The quantitative estimate of drug-likeness (QED) is 0.412. The van der Waals surface area contributed by atoms with Gasteiger partial charge in [-0.1, -0.05) is 0 Å². The second kappa shape index (κ2) is 11.1. The third kappa shape index (κ3) is 6.68. The molecule has 2 N–H and O–H groups in total. The van der Waals surface area contributed by atoms with E-state index in [0.717, 1.165) is 18.2 Å². The normalized spacial score (nSPS) is 15.8. The third-order valence-electron chi connectivity index (χ3n) is 6.09. The van der Waals surface area contributed by atoms with Crippen LogP contribution in [-0.2, 0) is 20.8 Å². The van der Waals surface area contributed by atoms with Gasteiger partial charge in [-0.15, -0.1) is 24.5 Å². The van der Waals surface area contributed by atoms with Crippen molar-refractivity contribution < 1.29 is 36.7 Å². The van der Waals surface area contributed by atoms with Crippen molar-refractivity contribution in [2.24, 2.45) is 0 Å². The van der Waals surface area contributed by atoms with E-state index in [9.17, 15) is 31.9 Å². The number of ether oxygens (including phenoxy) is 1. The van der Waals surface area contributed by atoms with Gasteiger partial charge >= 0.3 is 6.36 Å². The number of nitrogens with zero attached hydrogens (tertiary/aromatic N) is 3. The van der Waals surface area contributed by atoms with Crippen LogP contribution in [0, 0.1) is 5.82 Å². The van der Waals surface area contributed by atoms with E-state index in [-0.39, 0.29) is 18.7 Å².